The van der Waals surface area contributed by atoms with Crippen LogP contribution >= 0.6 is 7.14 Å². The third kappa shape index (κ3) is 4.35. The number of aromatic amines is 1. The normalized spacial score (nSPS) is 15.0. The van der Waals surface area contributed by atoms with E-state index in [1.165, 1.54) is 7.11 Å². The number of alkyl halides is 3. The van der Waals surface area contributed by atoms with Gasteiger partial charge in [0.25, 0.3) is 0 Å². The average molecular weight is 453 g/mol. The Morgan fingerprint density at radius 1 is 1.23 bits per heavy atom. The number of fused-ring (bicyclic) bond motifs is 1. The van der Waals surface area contributed by atoms with Crippen molar-refractivity contribution in [2.75, 3.05) is 31.1 Å². The lowest BCUT2D eigenvalue weighted by molar-refractivity contribution is -0.136. The van der Waals surface area contributed by atoms with Crippen molar-refractivity contribution < 1.29 is 22.5 Å². The minimum atomic E-state index is -4.53. The lowest BCUT2D eigenvalue weighted by Gasteiger charge is -2.27. The van der Waals surface area contributed by atoms with Crippen molar-refractivity contribution in [3.63, 3.8) is 0 Å². The SMILES string of the molecule is COc1cc(P(C)(C)=O)ccc1Nc1nc(NC2CCC2)c2c(C(F)(F)F)c[nH]c2n1. The molecule has 1 aromatic carbocycles. The van der Waals surface area contributed by atoms with Crippen molar-refractivity contribution in [3.8, 4) is 5.75 Å². The molecule has 166 valence electrons. The minimum Gasteiger partial charge on any atom is -0.495 e. The molecule has 0 aliphatic heterocycles. The van der Waals surface area contributed by atoms with Gasteiger partial charge in [-0.1, -0.05) is 0 Å². The van der Waals surface area contributed by atoms with E-state index in [9.17, 15) is 17.7 Å². The molecule has 0 atom stereocenters. The highest BCUT2D eigenvalue weighted by atomic mass is 31.2. The zero-order chi connectivity index (χ0) is 22.4. The number of nitrogens with one attached hydrogen (secondary N) is 3. The smallest absolute Gasteiger partial charge is 0.418 e. The number of aromatic nitrogens is 3. The summed E-state index contributed by atoms with van der Waals surface area (Å²) in [5, 5.41) is 6.71. The van der Waals surface area contributed by atoms with Crippen LogP contribution in [0.2, 0.25) is 0 Å². The summed E-state index contributed by atoms with van der Waals surface area (Å²) < 4.78 is 58.2. The highest BCUT2D eigenvalue weighted by Gasteiger charge is 2.36. The summed E-state index contributed by atoms with van der Waals surface area (Å²) in [6, 6.07) is 5.16. The number of benzene rings is 1. The lowest BCUT2D eigenvalue weighted by atomic mass is 9.93. The van der Waals surface area contributed by atoms with Crippen LogP contribution in [-0.4, -0.2) is 41.4 Å². The van der Waals surface area contributed by atoms with Crippen LogP contribution in [0.15, 0.2) is 24.4 Å². The molecule has 0 bridgehead atoms. The summed E-state index contributed by atoms with van der Waals surface area (Å²) in [5.74, 6) is 0.682. The van der Waals surface area contributed by atoms with Crippen molar-refractivity contribution in [2.24, 2.45) is 0 Å². The Bertz CT molecular complexity index is 1170. The molecule has 0 radical (unpaired) electrons. The number of methoxy groups -OCH3 is 1. The van der Waals surface area contributed by atoms with Crippen molar-refractivity contribution >= 4 is 40.9 Å². The summed E-state index contributed by atoms with van der Waals surface area (Å²) in [6.07, 6.45) is -0.838. The first-order chi connectivity index (χ1) is 14.6. The van der Waals surface area contributed by atoms with Crippen molar-refractivity contribution in [1.29, 1.82) is 0 Å². The van der Waals surface area contributed by atoms with E-state index in [1.54, 1.807) is 31.5 Å². The van der Waals surface area contributed by atoms with Gasteiger partial charge in [-0.3, -0.25) is 0 Å². The maximum Gasteiger partial charge on any atom is 0.418 e. The molecule has 0 saturated heterocycles. The van der Waals surface area contributed by atoms with Gasteiger partial charge in [0.15, 0.2) is 0 Å². The average Bonchev–Trinajstić information content (AvgIpc) is 3.08. The monoisotopic (exact) mass is 453 g/mol. The zero-order valence-electron chi connectivity index (χ0n) is 17.3. The molecule has 1 fully saturated rings. The Morgan fingerprint density at radius 2 is 1.97 bits per heavy atom. The fraction of sp³-hybridized carbons (Fsp3) is 0.400. The predicted molar refractivity (Wildman–Crippen MR) is 116 cm³/mol. The summed E-state index contributed by atoms with van der Waals surface area (Å²) >= 11 is 0. The second-order valence-corrected chi connectivity index (χ2v) is 11.2. The summed E-state index contributed by atoms with van der Waals surface area (Å²) in [6.45, 7) is 3.32. The summed E-state index contributed by atoms with van der Waals surface area (Å²) in [4.78, 5) is 11.2. The maximum absolute atomic E-state index is 13.5. The lowest BCUT2D eigenvalue weighted by Crippen LogP contribution is -2.28. The highest BCUT2D eigenvalue weighted by molar-refractivity contribution is 7.70. The van der Waals surface area contributed by atoms with Gasteiger partial charge in [0.2, 0.25) is 5.95 Å². The maximum atomic E-state index is 13.5. The van der Waals surface area contributed by atoms with Gasteiger partial charge in [-0.25, -0.2) is 0 Å². The minimum absolute atomic E-state index is 0.0776. The molecule has 2 aromatic heterocycles. The molecule has 1 aliphatic rings. The van der Waals surface area contributed by atoms with Gasteiger partial charge in [0.05, 0.1) is 23.7 Å². The number of rotatable bonds is 6. The standard InChI is InChI=1S/C20H23F3N5O2P/c1-30-15-9-12(31(2,3)29)7-8-14(15)26-19-27-17-16(13(10-24-17)20(21,22)23)18(28-19)25-11-5-4-6-11/h7-11H,4-6H2,1-3H3,(H3,24,25,26,27,28). The zero-order valence-corrected chi connectivity index (χ0v) is 18.2. The molecule has 4 rings (SSSR count). The second-order valence-electron chi connectivity index (χ2n) is 7.95. The highest BCUT2D eigenvalue weighted by Crippen LogP contribution is 2.40. The molecule has 0 unspecified atom stereocenters. The van der Waals surface area contributed by atoms with Crippen LogP contribution in [-0.2, 0) is 10.7 Å². The topological polar surface area (TPSA) is 91.9 Å². The number of nitrogens with zero attached hydrogens (tertiary/aromatic N) is 2. The molecule has 11 heteroatoms. The largest absolute Gasteiger partial charge is 0.495 e. The number of hydrogen-bond acceptors (Lipinski definition) is 6. The molecule has 2 heterocycles. The van der Waals surface area contributed by atoms with E-state index in [0.29, 0.717) is 16.7 Å². The van der Waals surface area contributed by atoms with Crippen molar-refractivity contribution in [2.45, 2.75) is 31.5 Å². The fourth-order valence-corrected chi connectivity index (χ4v) is 4.26. The Hall–Kier alpha value is -2.74. The molecule has 3 aromatic rings. The molecule has 1 saturated carbocycles. The van der Waals surface area contributed by atoms with Crippen molar-refractivity contribution in [3.05, 3.63) is 30.0 Å². The van der Waals surface area contributed by atoms with Gasteiger partial charge < -0.3 is 24.9 Å². The third-order valence-corrected chi connectivity index (χ3v) is 6.86. The van der Waals surface area contributed by atoms with Crippen molar-refractivity contribution in [1.82, 2.24) is 15.0 Å². The summed E-state index contributed by atoms with van der Waals surface area (Å²) in [7, 11) is -1.01. The molecular weight excluding hydrogens is 430 g/mol. The van der Waals surface area contributed by atoms with E-state index in [0.717, 1.165) is 25.5 Å². The molecule has 0 spiro atoms. The van der Waals surface area contributed by atoms with Gasteiger partial charge in [0.1, 0.15) is 24.4 Å². The first kappa shape index (κ1) is 21.5. The Labute approximate surface area is 177 Å². The van der Waals surface area contributed by atoms with E-state index in [1.807, 2.05) is 0 Å². The van der Waals surface area contributed by atoms with Gasteiger partial charge in [-0.2, -0.15) is 23.1 Å². The van der Waals surface area contributed by atoms with Crippen LogP contribution in [0.25, 0.3) is 11.0 Å². The third-order valence-electron chi connectivity index (χ3n) is 5.34. The van der Waals surface area contributed by atoms with Crippen LogP contribution in [0, 0.1) is 0 Å². The molecule has 3 N–H and O–H groups in total. The quantitative estimate of drug-likeness (QED) is 0.458. The number of anilines is 3. The van der Waals surface area contributed by atoms with Crippen LogP contribution in [0.3, 0.4) is 0 Å². The molecule has 7 nitrogen and oxygen atoms in total. The molecule has 31 heavy (non-hydrogen) atoms. The second kappa shape index (κ2) is 7.75. The number of halogens is 3. The van der Waals surface area contributed by atoms with Crippen LogP contribution in [0.4, 0.5) is 30.6 Å². The van der Waals surface area contributed by atoms with E-state index < -0.39 is 18.9 Å². The Kier molecular flexibility index (Phi) is 5.37. The van der Waals surface area contributed by atoms with Gasteiger partial charge >= 0.3 is 6.18 Å². The Balaban J connectivity index is 1.75. The van der Waals surface area contributed by atoms with Crippen LogP contribution in [0.5, 0.6) is 5.75 Å². The fourth-order valence-electron chi connectivity index (χ4n) is 3.40. The van der Waals surface area contributed by atoms with E-state index in [4.69, 9.17) is 4.74 Å². The number of hydrogen-bond donors (Lipinski definition) is 3. The number of H-pyrrole nitrogens is 1. The van der Waals surface area contributed by atoms with Gasteiger partial charge in [-0.05, 0) is 50.8 Å². The molecular formula is C20H23F3N5O2P. The van der Waals surface area contributed by atoms with E-state index >= 15 is 0 Å². The summed E-state index contributed by atoms with van der Waals surface area (Å²) in [5.41, 5.74) is -0.218. The van der Waals surface area contributed by atoms with E-state index in [-0.39, 0.29) is 28.8 Å². The van der Waals surface area contributed by atoms with Crippen LogP contribution in [0.1, 0.15) is 24.8 Å². The first-order valence-electron chi connectivity index (χ1n) is 9.79. The van der Waals surface area contributed by atoms with Crippen LogP contribution < -0.4 is 20.7 Å². The molecule has 0 amide bonds. The first-order valence-corrected chi connectivity index (χ1v) is 12.4. The van der Waals surface area contributed by atoms with E-state index in [2.05, 4.69) is 25.6 Å². The number of ether oxygens (including phenoxy) is 1. The predicted octanol–water partition coefficient (Wildman–Crippen LogP) is 4.94. The molecule has 1 aliphatic carbocycles. The van der Waals surface area contributed by atoms with Gasteiger partial charge in [-0.15, -0.1) is 0 Å². The van der Waals surface area contributed by atoms with Gasteiger partial charge in [0, 0.05) is 17.5 Å². The Morgan fingerprint density at radius 3 is 2.55 bits per heavy atom.